The van der Waals surface area contributed by atoms with E-state index in [-0.39, 0.29) is 18.4 Å². The SMILES string of the molecule is CC1(C(=O)NCCCN2CCCC2=O)CCCN1C(=O)OCc1ccccc1. The lowest BCUT2D eigenvalue weighted by atomic mass is 9.98. The van der Waals surface area contributed by atoms with Gasteiger partial charge < -0.3 is 15.0 Å². The van der Waals surface area contributed by atoms with Gasteiger partial charge >= 0.3 is 6.09 Å². The maximum absolute atomic E-state index is 12.8. The predicted octanol–water partition coefficient (Wildman–Crippen LogP) is 2.31. The first kappa shape index (κ1) is 20.2. The number of hydrogen-bond donors (Lipinski definition) is 1. The molecule has 7 heteroatoms. The Bertz CT molecular complexity index is 709. The zero-order valence-electron chi connectivity index (χ0n) is 16.5. The van der Waals surface area contributed by atoms with Gasteiger partial charge in [0, 0.05) is 32.6 Å². The third-order valence-corrected chi connectivity index (χ3v) is 5.62. The van der Waals surface area contributed by atoms with Crippen LogP contribution >= 0.6 is 0 Å². The predicted molar refractivity (Wildman–Crippen MR) is 104 cm³/mol. The lowest BCUT2D eigenvalue weighted by Gasteiger charge is -2.33. The molecule has 2 fully saturated rings. The van der Waals surface area contributed by atoms with Crippen LogP contribution in [0.1, 0.15) is 44.6 Å². The van der Waals surface area contributed by atoms with Gasteiger partial charge in [-0.15, -0.1) is 0 Å². The number of benzene rings is 1. The van der Waals surface area contributed by atoms with E-state index < -0.39 is 11.6 Å². The van der Waals surface area contributed by atoms with E-state index in [1.807, 2.05) is 35.2 Å². The number of rotatable bonds is 7. The Morgan fingerprint density at radius 2 is 1.96 bits per heavy atom. The Morgan fingerprint density at radius 3 is 2.68 bits per heavy atom. The highest BCUT2D eigenvalue weighted by atomic mass is 16.6. The van der Waals surface area contributed by atoms with Crippen LogP contribution in [0.4, 0.5) is 4.79 Å². The number of hydrogen-bond acceptors (Lipinski definition) is 4. The first-order chi connectivity index (χ1) is 13.5. The molecule has 0 aromatic heterocycles. The topological polar surface area (TPSA) is 79.0 Å². The van der Waals surface area contributed by atoms with Crippen molar-refractivity contribution >= 4 is 17.9 Å². The summed E-state index contributed by atoms with van der Waals surface area (Å²) in [4.78, 5) is 40.3. The van der Waals surface area contributed by atoms with E-state index in [0.29, 0.717) is 38.9 Å². The minimum Gasteiger partial charge on any atom is -0.445 e. The fraction of sp³-hybridized carbons (Fsp3) is 0.571. The molecule has 0 saturated carbocycles. The fourth-order valence-electron chi connectivity index (χ4n) is 3.89. The number of amides is 3. The summed E-state index contributed by atoms with van der Waals surface area (Å²) in [6, 6.07) is 9.49. The van der Waals surface area contributed by atoms with Crippen LogP contribution in [0, 0.1) is 0 Å². The summed E-state index contributed by atoms with van der Waals surface area (Å²) in [5.41, 5.74) is 0.0229. The first-order valence-electron chi connectivity index (χ1n) is 10.0. The van der Waals surface area contributed by atoms with Crippen molar-refractivity contribution in [3.63, 3.8) is 0 Å². The van der Waals surface area contributed by atoms with Crippen molar-refractivity contribution in [2.75, 3.05) is 26.2 Å². The summed E-state index contributed by atoms with van der Waals surface area (Å²) in [7, 11) is 0. The number of likely N-dealkylation sites (tertiary alicyclic amines) is 2. The van der Waals surface area contributed by atoms with Crippen molar-refractivity contribution in [2.24, 2.45) is 0 Å². The summed E-state index contributed by atoms with van der Waals surface area (Å²) < 4.78 is 5.43. The van der Waals surface area contributed by atoms with Crippen LogP contribution in [0.15, 0.2) is 30.3 Å². The first-order valence-corrected chi connectivity index (χ1v) is 10.0. The normalized spacial score (nSPS) is 21.8. The monoisotopic (exact) mass is 387 g/mol. The van der Waals surface area contributed by atoms with E-state index in [9.17, 15) is 14.4 Å². The van der Waals surface area contributed by atoms with Crippen molar-refractivity contribution < 1.29 is 19.1 Å². The molecule has 3 rings (SSSR count). The molecule has 1 unspecified atom stereocenters. The van der Waals surface area contributed by atoms with Gasteiger partial charge in [-0.1, -0.05) is 30.3 Å². The third kappa shape index (κ3) is 4.64. The molecule has 2 saturated heterocycles. The van der Waals surface area contributed by atoms with Crippen LogP contribution in [0.3, 0.4) is 0 Å². The lowest BCUT2D eigenvalue weighted by Crippen LogP contribution is -2.55. The quantitative estimate of drug-likeness (QED) is 0.728. The Labute approximate surface area is 166 Å². The molecule has 1 aromatic carbocycles. The molecular formula is C21H29N3O4. The van der Waals surface area contributed by atoms with Gasteiger partial charge in [0.1, 0.15) is 12.1 Å². The maximum Gasteiger partial charge on any atom is 0.410 e. The fourth-order valence-corrected chi connectivity index (χ4v) is 3.89. The average Bonchev–Trinajstić information content (AvgIpc) is 3.30. The summed E-state index contributed by atoms with van der Waals surface area (Å²) in [5, 5.41) is 2.94. The second-order valence-corrected chi connectivity index (χ2v) is 7.66. The van der Waals surface area contributed by atoms with E-state index >= 15 is 0 Å². The maximum atomic E-state index is 12.8. The zero-order valence-corrected chi connectivity index (χ0v) is 16.5. The van der Waals surface area contributed by atoms with Crippen LogP contribution in [0.25, 0.3) is 0 Å². The van der Waals surface area contributed by atoms with Crippen LogP contribution in [0.5, 0.6) is 0 Å². The van der Waals surface area contributed by atoms with Crippen molar-refractivity contribution in [3.8, 4) is 0 Å². The Morgan fingerprint density at radius 1 is 1.18 bits per heavy atom. The second-order valence-electron chi connectivity index (χ2n) is 7.66. The van der Waals surface area contributed by atoms with E-state index in [4.69, 9.17) is 4.74 Å². The lowest BCUT2D eigenvalue weighted by molar-refractivity contribution is -0.130. The van der Waals surface area contributed by atoms with Crippen molar-refractivity contribution in [1.29, 1.82) is 0 Å². The molecule has 7 nitrogen and oxygen atoms in total. The molecule has 3 amide bonds. The number of nitrogens with zero attached hydrogens (tertiary/aromatic N) is 2. The van der Waals surface area contributed by atoms with Crippen LogP contribution < -0.4 is 5.32 Å². The van der Waals surface area contributed by atoms with Gasteiger partial charge in [-0.25, -0.2) is 4.79 Å². The van der Waals surface area contributed by atoms with E-state index in [2.05, 4.69) is 5.32 Å². The van der Waals surface area contributed by atoms with Crippen LogP contribution in [-0.4, -0.2) is 59.4 Å². The molecule has 0 aliphatic carbocycles. The largest absolute Gasteiger partial charge is 0.445 e. The molecule has 152 valence electrons. The van der Waals surface area contributed by atoms with Crippen molar-refractivity contribution in [1.82, 2.24) is 15.1 Å². The van der Waals surface area contributed by atoms with E-state index in [1.54, 1.807) is 6.92 Å². The van der Waals surface area contributed by atoms with Crippen LogP contribution in [0.2, 0.25) is 0 Å². The number of ether oxygens (including phenoxy) is 1. The number of carbonyl (C=O) groups is 3. The van der Waals surface area contributed by atoms with E-state index in [0.717, 1.165) is 24.9 Å². The van der Waals surface area contributed by atoms with Gasteiger partial charge in [0.25, 0.3) is 0 Å². The highest BCUT2D eigenvalue weighted by Gasteiger charge is 2.46. The van der Waals surface area contributed by atoms with Gasteiger partial charge in [0.2, 0.25) is 11.8 Å². The highest BCUT2D eigenvalue weighted by Crippen LogP contribution is 2.30. The zero-order chi connectivity index (χ0) is 20.0. The third-order valence-electron chi connectivity index (χ3n) is 5.62. The summed E-state index contributed by atoms with van der Waals surface area (Å²) in [6.07, 6.45) is 3.19. The molecule has 1 atom stereocenters. The average molecular weight is 387 g/mol. The van der Waals surface area contributed by atoms with Crippen molar-refractivity contribution in [2.45, 2.75) is 51.2 Å². The Hall–Kier alpha value is -2.57. The Kier molecular flexibility index (Phi) is 6.54. The van der Waals surface area contributed by atoms with Crippen molar-refractivity contribution in [3.05, 3.63) is 35.9 Å². The summed E-state index contributed by atoms with van der Waals surface area (Å²) in [5.74, 6) is 0.0378. The molecule has 2 aliphatic rings. The molecule has 2 heterocycles. The molecule has 28 heavy (non-hydrogen) atoms. The highest BCUT2D eigenvalue weighted by molar-refractivity contribution is 5.90. The van der Waals surface area contributed by atoms with Gasteiger partial charge in [-0.05, 0) is 38.2 Å². The number of carbonyl (C=O) groups excluding carboxylic acids is 3. The smallest absolute Gasteiger partial charge is 0.410 e. The minimum absolute atomic E-state index is 0.158. The second kappa shape index (κ2) is 9.08. The van der Waals surface area contributed by atoms with Gasteiger partial charge in [-0.3, -0.25) is 14.5 Å². The number of nitrogens with one attached hydrogen (secondary N) is 1. The molecule has 1 N–H and O–H groups in total. The molecule has 0 bridgehead atoms. The Balaban J connectivity index is 1.47. The minimum atomic E-state index is -0.892. The van der Waals surface area contributed by atoms with E-state index in [1.165, 1.54) is 4.90 Å². The molecule has 0 spiro atoms. The van der Waals surface area contributed by atoms with Gasteiger partial charge in [0.15, 0.2) is 0 Å². The van der Waals surface area contributed by atoms with Gasteiger partial charge in [-0.2, -0.15) is 0 Å². The molecule has 1 aromatic rings. The standard InChI is InChI=1S/C21H29N3O4/c1-21(19(26)22-12-7-14-23-13-5-10-18(23)25)11-6-15-24(21)20(27)28-16-17-8-3-2-4-9-17/h2-4,8-9H,5-7,10-16H2,1H3,(H,22,26). The van der Waals surface area contributed by atoms with Crippen LogP contribution in [-0.2, 0) is 20.9 Å². The molecule has 2 aliphatic heterocycles. The summed E-state index contributed by atoms with van der Waals surface area (Å²) >= 11 is 0. The summed E-state index contributed by atoms with van der Waals surface area (Å²) in [6.45, 7) is 4.47. The molecule has 0 radical (unpaired) electrons. The molecular weight excluding hydrogens is 358 g/mol. The van der Waals surface area contributed by atoms with Gasteiger partial charge in [0.05, 0.1) is 0 Å².